The first-order valence-electron chi connectivity index (χ1n) is 8.60. The topological polar surface area (TPSA) is 37.2 Å². The molecule has 24 heavy (non-hydrogen) atoms. The molecule has 2 aromatic carbocycles. The molecule has 0 aliphatic carbocycles. The Bertz CT molecular complexity index is 794. The Labute approximate surface area is 142 Å². The summed E-state index contributed by atoms with van der Waals surface area (Å²) in [6.45, 7) is 1.78. The molecule has 2 heterocycles. The van der Waals surface area contributed by atoms with Crippen molar-refractivity contribution < 1.29 is 4.42 Å². The molecule has 0 saturated carbocycles. The molecule has 1 aliphatic rings. The van der Waals surface area contributed by atoms with Gasteiger partial charge in [0.05, 0.1) is 6.54 Å². The first-order valence-corrected chi connectivity index (χ1v) is 8.60. The Morgan fingerprint density at radius 1 is 0.958 bits per heavy atom. The number of benzene rings is 2. The molecule has 0 amide bonds. The van der Waals surface area contributed by atoms with Crippen LogP contribution in [0.5, 0.6) is 0 Å². The molecule has 1 aromatic heterocycles. The molecule has 0 spiro atoms. The fourth-order valence-electron chi connectivity index (χ4n) is 3.31. The second kappa shape index (κ2) is 6.93. The minimum absolute atomic E-state index is 0.362. The van der Waals surface area contributed by atoms with E-state index in [2.05, 4.69) is 59.2 Å². The summed E-state index contributed by atoms with van der Waals surface area (Å²) in [5.74, 6) is 1.90. The van der Waals surface area contributed by atoms with Crippen LogP contribution in [0.15, 0.2) is 71.1 Å². The lowest BCUT2D eigenvalue weighted by Gasteiger charge is -2.18. The average molecular weight is 318 g/mol. The van der Waals surface area contributed by atoms with Gasteiger partial charge in [-0.3, -0.25) is 0 Å². The number of furan rings is 1. The number of fused-ring (bicyclic) bond motifs is 1. The monoisotopic (exact) mass is 318 g/mol. The van der Waals surface area contributed by atoms with Crippen LogP contribution < -0.4 is 10.6 Å². The highest BCUT2D eigenvalue weighted by Crippen LogP contribution is 2.29. The van der Waals surface area contributed by atoms with Crippen LogP contribution in [0, 0.1) is 0 Å². The summed E-state index contributed by atoms with van der Waals surface area (Å²) in [6.07, 6.45) is 2.30. The molecular weight excluding hydrogens is 296 g/mol. The first kappa shape index (κ1) is 15.0. The highest BCUT2D eigenvalue weighted by Gasteiger charge is 2.18. The molecule has 2 N–H and O–H groups in total. The molecule has 1 unspecified atom stereocenters. The summed E-state index contributed by atoms with van der Waals surface area (Å²) < 4.78 is 6.00. The van der Waals surface area contributed by atoms with Crippen LogP contribution in [0.25, 0.3) is 11.3 Å². The second-order valence-electron chi connectivity index (χ2n) is 6.22. The molecule has 3 aromatic rings. The summed E-state index contributed by atoms with van der Waals surface area (Å²) in [5.41, 5.74) is 3.72. The van der Waals surface area contributed by atoms with E-state index in [0.29, 0.717) is 6.04 Å². The largest absolute Gasteiger partial charge is 0.460 e. The van der Waals surface area contributed by atoms with Gasteiger partial charge in [0.1, 0.15) is 11.5 Å². The second-order valence-corrected chi connectivity index (χ2v) is 6.22. The van der Waals surface area contributed by atoms with Gasteiger partial charge >= 0.3 is 0 Å². The third kappa shape index (κ3) is 3.22. The van der Waals surface area contributed by atoms with Gasteiger partial charge in [-0.25, -0.2) is 0 Å². The van der Waals surface area contributed by atoms with Crippen molar-refractivity contribution in [3.8, 4) is 11.3 Å². The number of rotatable bonds is 4. The van der Waals surface area contributed by atoms with E-state index < -0.39 is 0 Å². The minimum Gasteiger partial charge on any atom is -0.460 e. The standard InChI is InChI=1S/C21H22N2O/c1-2-7-16(8-3-1)21-13-12-17(24-21)15-23-20-11-6-14-22-19-10-5-4-9-18(19)20/h1-5,7-10,12-13,20,22-23H,6,11,14-15H2. The van der Waals surface area contributed by atoms with Gasteiger partial charge in [-0.15, -0.1) is 0 Å². The van der Waals surface area contributed by atoms with Crippen LogP contribution in [0.1, 0.15) is 30.2 Å². The Morgan fingerprint density at radius 3 is 2.71 bits per heavy atom. The zero-order chi connectivity index (χ0) is 16.2. The fourth-order valence-corrected chi connectivity index (χ4v) is 3.31. The van der Waals surface area contributed by atoms with Gasteiger partial charge in [-0.2, -0.15) is 0 Å². The Hall–Kier alpha value is -2.52. The molecule has 4 rings (SSSR count). The predicted molar refractivity (Wildman–Crippen MR) is 97.9 cm³/mol. The third-order valence-corrected chi connectivity index (χ3v) is 4.56. The lowest BCUT2D eigenvalue weighted by atomic mass is 10.0. The maximum Gasteiger partial charge on any atom is 0.134 e. The summed E-state index contributed by atoms with van der Waals surface area (Å²) in [6, 6.07) is 23.3. The van der Waals surface area contributed by atoms with E-state index in [1.54, 1.807) is 0 Å². The lowest BCUT2D eigenvalue weighted by molar-refractivity contribution is 0.441. The molecule has 1 aliphatic heterocycles. The summed E-state index contributed by atoms with van der Waals surface area (Å²) in [5, 5.41) is 7.18. The Kier molecular flexibility index (Phi) is 4.34. The van der Waals surface area contributed by atoms with Crippen LogP contribution in [0.2, 0.25) is 0 Å². The van der Waals surface area contributed by atoms with Crippen LogP contribution in [0.4, 0.5) is 5.69 Å². The van der Waals surface area contributed by atoms with E-state index in [1.165, 1.54) is 17.7 Å². The predicted octanol–water partition coefficient (Wildman–Crippen LogP) is 4.98. The molecule has 3 nitrogen and oxygen atoms in total. The van der Waals surface area contributed by atoms with Gasteiger partial charge in [0.25, 0.3) is 0 Å². The number of hydrogen-bond acceptors (Lipinski definition) is 3. The van der Waals surface area contributed by atoms with Gasteiger partial charge in [-0.1, -0.05) is 48.5 Å². The van der Waals surface area contributed by atoms with Gasteiger partial charge in [-0.05, 0) is 36.6 Å². The quantitative estimate of drug-likeness (QED) is 0.712. The SMILES string of the molecule is c1ccc(-c2ccc(CNC3CCCNc4ccccc43)o2)cc1. The van der Waals surface area contributed by atoms with Gasteiger partial charge in [0.2, 0.25) is 0 Å². The summed E-state index contributed by atoms with van der Waals surface area (Å²) in [4.78, 5) is 0. The Balaban J connectivity index is 1.47. The van der Waals surface area contributed by atoms with Crippen molar-refractivity contribution in [3.05, 3.63) is 78.1 Å². The van der Waals surface area contributed by atoms with Crippen LogP contribution >= 0.6 is 0 Å². The van der Waals surface area contributed by atoms with Crippen molar-refractivity contribution >= 4 is 5.69 Å². The molecule has 0 fully saturated rings. The number of anilines is 1. The maximum atomic E-state index is 6.00. The molecule has 0 saturated heterocycles. The molecule has 122 valence electrons. The molecule has 3 heteroatoms. The van der Waals surface area contributed by atoms with Crippen molar-refractivity contribution in [2.45, 2.75) is 25.4 Å². The molecule has 1 atom stereocenters. The normalized spacial score (nSPS) is 16.9. The van der Waals surface area contributed by atoms with Crippen LogP contribution in [-0.2, 0) is 6.54 Å². The summed E-state index contributed by atoms with van der Waals surface area (Å²) >= 11 is 0. The fraction of sp³-hybridized carbons (Fsp3) is 0.238. The number of hydrogen-bond donors (Lipinski definition) is 2. The van der Waals surface area contributed by atoms with E-state index in [0.717, 1.165) is 36.6 Å². The van der Waals surface area contributed by atoms with Crippen molar-refractivity contribution in [1.29, 1.82) is 0 Å². The van der Waals surface area contributed by atoms with Crippen molar-refractivity contribution in [3.63, 3.8) is 0 Å². The van der Waals surface area contributed by atoms with Gasteiger partial charge in [0.15, 0.2) is 0 Å². The zero-order valence-corrected chi connectivity index (χ0v) is 13.7. The van der Waals surface area contributed by atoms with E-state index in [9.17, 15) is 0 Å². The van der Waals surface area contributed by atoms with Crippen LogP contribution in [-0.4, -0.2) is 6.54 Å². The molecule has 0 radical (unpaired) electrons. The van der Waals surface area contributed by atoms with Gasteiger partial charge < -0.3 is 15.1 Å². The third-order valence-electron chi connectivity index (χ3n) is 4.56. The lowest BCUT2D eigenvalue weighted by Crippen LogP contribution is -2.20. The van der Waals surface area contributed by atoms with E-state index >= 15 is 0 Å². The summed E-state index contributed by atoms with van der Waals surface area (Å²) in [7, 11) is 0. The van der Waals surface area contributed by atoms with Crippen LogP contribution in [0.3, 0.4) is 0 Å². The number of para-hydroxylation sites is 1. The maximum absolute atomic E-state index is 6.00. The van der Waals surface area contributed by atoms with E-state index in [-0.39, 0.29) is 0 Å². The zero-order valence-electron chi connectivity index (χ0n) is 13.7. The minimum atomic E-state index is 0.362. The smallest absolute Gasteiger partial charge is 0.134 e. The van der Waals surface area contributed by atoms with Crippen molar-refractivity contribution in [2.75, 3.05) is 11.9 Å². The number of nitrogens with one attached hydrogen (secondary N) is 2. The van der Waals surface area contributed by atoms with Crippen molar-refractivity contribution in [2.24, 2.45) is 0 Å². The Morgan fingerprint density at radius 2 is 1.79 bits per heavy atom. The van der Waals surface area contributed by atoms with E-state index in [4.69, 9.17) is 4.42 Å². The van der Waals surface area contributed by atoms with Crippen molar-refractivity contribution in [1.82, 2.24) is 5.32 Å². The first-order chi connectivity index (χ1) is 11.9. The average Bonchev–Trinajstić information content (AvgIpc) is 3.02. The molecule has 0 bridgehead atoms. The molecular formula is C21H22N2O. The highest BCUT2D eigenvalue weighted by atomic mass is 16.3. The highest BCUT2D eigenvalue weighted by molar-refractivity contribution is 5.57. The van der Waals surface area contributed by atoms with E-state index in [1.807, 2.05) is 18.2 Å². The van der Waals surface area contributed by atoms with Gasteiger partial charge in [0, 0.05) is 23.8 Å².